The first-order chi connectivity index (χ1) is 12.2. The lowest BCUT2D eigenvalue weighted by atomic mass is 9.90. The van der Waals surface area contributed by atoms with Crippen molar-refractivity contribution in [2.75, 3.05) is 43.2 Å². The van der Waals surface area contributed by atoms with Gasteiger partial charge in [-0.2, -0.15) is 0 Å². The first-order valence-corrected chi connectivity index (χ1v) is 8.60. The van der Waals surface area contributed by atoms with Gasteiger partial charge in [-0.15, -0.1) is 0 Å². The molecule has 25 heavy (non-hydrogen) atoms. The third kappa shape index (κ3) is 2.74. The molecule has 4 rings (SSSR count). The van der Waals surface area contributed by atoms with Gasteiger partial charge >= 0.3 is 6.09 Å². The lowest BCUT2D eigenvalue weighted by Gasteiger charge is -2.36. The molecule has 0 atom stereocenters. The molecule has 1 saturated heterocycles. The van der Waals surface area contributed by atoms with Crippen molar-refractivity contribution in [1.29, 1.82) is 0 Å². The molecule has 2 aliphatic rings. The van der Waals surface area contributed by atoms with Crippen molar-refractivity contribution in [3.8, 4) is 11.1 Å². The second-order valence-corrected chi connectivity index (χ2v) is 6.49. The predicted molar refractivity (Wildman–Crippen MR) is 98.2 cm³/mol. The number of carbonyl (C=O) groups excluding carboxylic acids is 1. The van der Waals surface area contributed by atoms with Gasteiger partial charge < -0.3 is 14.4 Å². The summed E-state index contributed by atoms with van der Waals surface area (Å²) in [6.45, 7) is 5.77. The largest absolute Gasteiger partial charge is 0.452 e. The minimum absolute atomic E-state index is 0.325. The van der Waals surface area contributed by atoms with E-state index in [2.05, 4.69) is 42.2 Å². The van der Waals surface area contributed by atoms with E-state index in [0.717, 1.165) is 48.7 Å². The van der Waals surface area contributed by atoms with Crippen LogP contribution in [0.3, 0.4) is 0 Å². The number of carbonyl (C=O) groups is 1. The van der Waals surface area contributed by atoms with Gasteiger partial charge in [0.05, 0.1) is 32.6 Å². The topological polar surface area (TPSA) is 42.0 Å². The molecule has 0 radical (unpaired) electrons. The number of aryl methyl sites for hydroxylation is 1. The molecule has 0 aromatic heterocycles. The third-order valence-corrected chi connectivity index (χ3v) is 4.89. The van der Waals surface area contributed by atoms with Crippen LogP contribution < -0.4 is 9.80 Å². The highest BCUT2D eigenvalue weighted by atomic mass is 16.5. The highest BCUT2D eigenvalue weighted by Gasteiger charge is 2.30. The van der Waals surface area contributed by atoms with Crippen LogP contribution in [0.5, 0.6) is 0 Å². The fourth-order valence-electron chi connectivity index (χ4n) is 3.72. The normalized spacial score (nSPS) is 16.2. The molecule has 5 heteroatoms. The van der Waals surface area contributed by atoms with Gasteiger partial charge in [0, 0.05) is 24.3 Å². The molecule has 2 aromatic rings. The maximum atomic E-state index is 12.4. The number of methoxy groups -OCH3 is 1. The highest BCUT2D eigenvalue weighted by molar-refractivity contribution is 6.01. The minimum Gasteiger partial charge on any atom is -0.452 e. The first kappa shape index (κ1) is 16.0. The number of nitrogens with zero attached hydrogens (tertiary/aromatic N) is 2. The summed E-state index contributed by atoms with van der Waals surface area (Å²) in [6, 6.07) is 12.6. The van der Waals surface area contributed by atoms with E-state index in [1.807, 2.05) is 6.07 Å². The van der Waals surface area contributed by atoms with Crippen LogP contribution in [0, 0.1) is 6.92 Å². The van der Waals surface area contributed by atoms with Crippen LogP contribution in [0.25, 0.3) is 11.1 Å². The van der Waals surface area contributed by atoms with Crippen LogP contribution in [0.15, 0.2) is 36.4 Å². The van der Waals surface area contributed by atoms with Gasteiger partial charge in [0.1, 0.15) is 0 Å². The number of hydrogen-bond donors (Lipinski definition) is 0. The number of fused-ring (bicyclic) bond motifs is 3. The fraction of sp³-hybridized carbons (Fsp3) is 0.350. The average Bonchev–Trinajstić information content (AvgIpc) is 2.66. The maximum absolute atomic E-state index is 12.4. The Labute approximate surface area is 147 Å². The van der Waals surface area contributed by atoms with Crippen molar-refractivity contribution in [3.05, 3.63) is 47.5 Å². The highest BCUT2D eigenvalue weighted by Crippen LogP contribution is 2.46. The second-order valence-electron chi connectivity index (χ2n) is 6.49. The van der Waals surface area contributed by atoms with Crippen LogP contribution in [0.1, 0.15) is 11.1 Å². The third-order valence-electron chi connectivity index (χ3n) is 4.89. The molecule has 2 aliphatic heterocycles. The van der Waals surface area contributed by atoms with Crippen LogP contribution in [0.4, 0.5) is 16.2 Å². The summed E-state index contributed by atoms with van der Waals surface area (Å²) in [5, 5.41) is 0. The standard InChI is InChI=1S/C20H22N2O3/c1-14-11-17(21-7-9-25-10-8-21)19-16-6-4-3-5-15(16)13-22(18(19)12-14)20(23)24-2/h3-6,11-12H,7-10,13H2,1-2H3. The number of ether oxygens (including phenoxy) is 2. The van der Waals surface area contributed by atoms with Gasteiger partial charge in [0.2, 0.25) is 0 Å². The summed E-state index contributed by atoms with van der Waals surface area (Å²) < 4.78 is 10.6. The Balaban J connectivity index is 1.94. The van der Waals surface area contributed by atoms with Crippen molar-refractivity contribution in [2.24, 2.45) is 0 Å². The Hall–Kier alpha value is -2.53. The summed E-state index contributed by atoms with van der Waals surface area (Å²) in [7, 11) is 1.43. The summed E-state index contributed by atoms with van der Waals surface area (Å²) in [4.78, 5) is 16.5. The minimum atomic E-state index is -0.325. The summed E-state index contributed by atoms with van der Waals surface area (Å²) in [5.41, 5.74) is 6.66. The molecule has 0 bridgehead atoms. The van der Waals surface area contributed by atoms with E-state index >= 15 is 0 Å². The molecular weight excluding hydrogens is 316 g/mol. The zero-order valence-electron chi connectivity index (χ0n) is 14.6. The molecule has 1 amide bonds. The van der Waals surface area contributed by atoms with Crippen molar-refractivity contribution < 1.29 is 14.3 Å². The van der Waals surface area contributed by atoms with Gasteiger partial charge in [0.25, 0.3) is 0 Å². The van der Waals surface area contributed by atoms with Crippen LogP contribution >= 0.6 is 0 Å². The number of anilines is 2. The summed E-state index contributed by atoms with van der Waals surface area (Å²) in [5.74, 6) is 0. The van der Waals surface area contributed by atoms with Gasteiger partial charge in [-0.05, 0) is 35.7 Å². The number of hydrogen-bond acceptors (Lipinski definition) is 4. The molecule has 0 aliphatic carbocycles. The Morgan fingerprint density at radius 3 is 2.60 bits per heavy atom. The monoisotopic (exact) mass is 338 g/mol. The van der Waals surface area contributed by atoms with E-state index in [0.29, 0.717) is 6.54 Å². The molecule has 1 fully saturated rings. The molecule has 5 nitrogen and oxygen atoms in total. The van der Waals surface area contributed by atoms with Gasteiger partial charge in [0.15, 0.2) is 0 Å². The molecule has 2 aromatic carbocycles. The number of benzene rings is 2. The smallest absolute Gasteiger partial charge is 0.414 e. The van der Waals surface area contributed by atoms with E-state index < -0.39 is 0 Å². The van der Waals surface area contributed by atoms with Gasteiger partial charge in [-0.3, -0.25) is 4.90 Å². The molecule has 0 N–H and O–H groups in total. The second kappa shape index (κ2) is 6.41. The van der Waals surface area contributed by atoms with E-state index in [1.165, 1.54) is 18.4 Å². The lowest BCUT2D eigenvalue weighted by molar-refractivity contribution is 0.122. The van der Waals surface area contributed by atoms with E-state index in [9.17, 15) is 4.79 Å². The van der Waals surface area contributed by atoms with Crippen LogP contribution in [0.2, 0.25) is 0 Å². The SMILES string of the molecule is COC(=O)N1Cc2ccccc2-c2c(N3CCOCC3)cc(C)cc21. The molecule has 0 saturated carbocycles. The first-order valence-electron chi connectivity index (χ1n) is 8.60. The predicted octanol–water partition coefficient (Wildman–Crippen LogP) is 3.59. The van der Waals surface area contributed by atoms with E-state index in [1.54, 1.807) is 4.90 Å². The van der Waals surface area contributed by atoms with Gasteiger partial charge in [-0.1, -0.05) is 24.3 Å². The van der Waals surface area contributed by atoms with Gasteiger partial charge in [-0.25, -0.2) is 4.79 Å². The average molecular weight is 338 g/mol. The fourth-order valence-corrected chi connectivity index (χ4v) is 3.72. The Kier molecular flexibility index (Phi) is 4.09. The van der Waals surface area contributed by atoms with Crippen LogP contribution in [-0.4, -0.2) is 39.5 Å². The number of rotatable bonds is 1. The maximum Gasteiger partial charge on any atom is 0.414 e. The molecule has 0 unspecified atom stereocenters. The molecule has 0 spiro atoms. The molecule has 130 valence electrons. The van der Waals surface area contributed by atoms with Crippen molar-refractivity contribution in [1.82, 2.24) is 0 Å². The summed E-state index contributed by atoms with van der Waals surface area (Å²) >= 11 is 0. The van der Waals surface area contributed by atoms with Crippen molar-refractivity contribution in [3.63, 3.8) is 0 Å². The zero-order chi connectivity index (χ0) is 17.4. The number of amides is 1. The number of morpholine rings is 1. The Morgan fingerprint density at radius 2 is 1.84 bits per heavy atom. The lowest BCUT2D eigenvalue weighted by Crippen LogP contribution is -2.38. The summed E-state index contributed by atoms with van der Waals surface area (Å²) in [6.07, 6.45) is -0.325. The Morgan fingerprint density at radius 1 is 1.12 bits per heavy atom. The van der Waals surface area contributed by atoms with E-state index in [4.69, 9.17) is 9.47 Å². The molecule has 2 heterocycles. The Bertz CT molecular complexity index is 813. The zero-order valence-corrected chi connectivity index (χ0v) is 14.6. The van der Waals surface area contributed by atoms with Crippen molar-refractivity contribution >= 4 is 17.5 Å². The van der Waals surface area contributed by atoms with E-state index in [-0.39, 0.29) is 6.09 Å². The molecular formula is C20H22N2O3. The van der Waals surface area contributed by atoms with Crippen LogP contribution in [-0.2, 0) is 16.0 Å². The quantitative estimate of drug-likeness (QED) is 0.797. The van der Waals surface area contributed by atoms with Crippen molar-refractivity contribution in [2.45, 2.75) is 13.5 Å².